The van der Waals surface area contributed by atoms with E-state index in [0.717, 1.165) is 11.4 Å². The molecule has 0 saturated carbocycles. The van der Waals surface area contributed by atoms with E-state index in [9.17, 15) is 9.59 Å². The lowest BCUT2D eigenvalue weighted by molar-refractivity contribution is -0.144. The van der Waals surface area contributed by atoms with Gasteiger partial charge in [0.2, 0.25) is 5.91 Å². The van der Waals surface area contributed by atoms with Gasteiger partial charge in [0.25, 0.3) is 0 Å². The molecule has 0 spiro atoms. The molecule has 1 aromatic carbocycles. The van der Waals surface area contributed by atoms with E-state index in [4.69, 9.17) is 9.47 Å². The third-order valence-electron chi connectivity index (χ3n) is 2.68. The molecule has 1 rings (SSSR count). The summed E-state index contributed by atoms with van der Waals surface area (Å²) in [5.74, 6) is 0.258. The zero-order chi connectivity index (χ0) is 14.3. The zero-order valence-electron chi connectivity index (χ0n) is 11.5. The van der Waals surface area contributed by atoms with E-state index in [-0.39, 0.29) is 24.7 Å². The number of ether oxygens (including phenoxy) is 2. The summed E-state index contributed by atoms with van der Waals surface area (Å²) in [6, 6.07) is 7.15. The monoisotopic (exact) mass is 265 g/mol. The van der Waals surface area contributed by atoms with Crippen molar-refractivity contribution >= 4 is 17.6 Å². The molecule has 0 fully saturated rings. The number of anilines is 1. The summed E-state index contributed by atoms with van der Waals surface area (Å²) in [6.07, 6.45) is 0.245. The lowest BCUT2D eigenvalue weighted by atomic mass is 10.2. The van der Waals surface area contributed by atoms with Gasteiger partial charge in [0, 0.05) is 19.2 Å². The van der Waals surface area contributed by atoms with E-state index in [0.29, 0.717) is 6.61 Å². The van der Waals surface area contributed by atoms with Crippen LogP contribution in [0.15, 0.2) is 24.3 Å². The van der Waals surface area contributed by atoms with Gasteiger partial charge in [0.1, 0.15) is 5.75 Å². The molecule has 0 aliphatic heterocycles. The van der Waals surface area contributed by atoms with Crippen LogP contribution >= 0.6 is 0 Å². The minimum absolute atomic E-state index is 0.104. The van der Waals surface area contributed by atoms with Crippen molar-refractivity contribution in [3.8, 4) is 5.75 Å². The van der Waals surface area contributed by atoms with Crippen molar-refractivity contribution in [3.05, 3.63) is 24.3 Å². The number of carbonyl (C=O) groups is 2. The number of benzene rings is 1. The van der Waals surface area contributed by atoms with Gasteiger partial charge in [-0.25, -0.2) is 0 Å². The summed E-state index contributed by atoms with van der Waals surface area (Å²) in [6.45, 7) is 2.07. The minimum atomic E-state index is -0.348. The number of rotatable bonds is 6. The summed E-state index contributed by atoms with van der Waals surface area (Å²) in [5.41, 5.74) is 0.759. The van der Waals surface area contributed by atoms with Crippen molar-refractivity contribution in [2.45, 2.75) is 19.8 Å². The Kier molecular flexibility index (Phi) is 5.85. The summed E-state index contributed by atoms with van der Waals surface area (Å²) < 4.78 is 9.83. The number of hydrogen-bond acceptors (Lipinski definition) is 4. The van der Waals surface area contributed by atoms with Crippen molar-refractivity contribution in [1.29, 1.82) is 0 Å². The predicted molar refractivity (Wildman–Crippen MR) is 72.3 cm³/mol. The Morgan fingerprint density at radius 1 is 1.16 bits per heavy atom. The van der Waals surface area contributed by atoms with E-state index in [1.807, 2.05) is 0 Å². The molecule has 0 heterocycles. The molecular formula is C14H19NO4. The second-order valence-electron chi connectivity index (χ2n) is 3.96. The Hall–Kier alpha value is -2.04. The van der Waals surface area contributed by atoms with Gasteiger partial charge in [-0.15, -0.1) is 0 Å². The Balaban J connectivity index is 2.53. The maximum absolute atomic E-state index is 11.9. The van der Waals surface area contributed by atoms with Crippen molar-refractivity contribution in [2.24, 2.45) is 0 Å². The van der Waals surface area contributed by atoms with Crippen LogP contribution in [0.4, 0.5) is 5.69 Å². The van der Waals surface area contributed by atoms with Crippen LogP contribution in [0.25, 0.3) is 0 Å². The fourth-order valence-electron chi connectivity index (χ4n) is 1.56. The number of esters is 1. The molecule has 1 aromatic rings. The summed E-state index contributed by atoms with van der Waals surface area (Å²) in [5, 5.41) is 0. The predicted octanol–water partition coefficient (Wildman–Crippen LogP) is 2.00. The molecule has 0 aliphatic carbocycles. The molecule has 0 N–H and O–H groups in total. The normalized spacial score (nSPS) is 9.84. The molecule has 104 valence electrons. The Morgan fingerprint density at radius 2 is 1.79 bits per heavy atom. The molecule has 19 heavy (non-hydrogen) atoms. The SMILES string of the molecule is CCOC(=O)CCC(=O)N(C)c1ccc(OC)cc1. The van der Waals surface area contributed by atoms with Gasteiger partial charge in [0.05, 0.1) is 20.1 Å². The topological polar surface area (TPSA) is 55.8 Å². The van der Waals surface area contributed by atoms with Crippen molar-refractivity contribution in [2.75, 3.05) is 25.7 Å². The molecule has 0 radical (unpaired) electrons. The summed E-state index contributed by atoms with van der Waals surface area (Å²) >= 11 is 0. The third-order valence-corrected chi connectivity index (χ3v) is 2.68. The van der Waals surface area contributed by atoms with Gasteiger partial charge in [-0.3, -0.25) is 9.59 Å². The second-order valence-corrected chi connectivity index (χ2v) is 3.96. The number of amides is 1. The third kappa shape index (κ3) is 4.62. The summed E-state index contributed by atoms with van der Waals surface area (Å²) in [7, 11) is 3.26. The highest BCUT2D eigenvalue weighted by Gasteiger charge is 2.13. The zero-order valence-corrected chi connectivity index (χ0v) is 11.5. The van der Waals surface area contributed by atoms with Crippen molar-refractivity contribution < 1.29 is 19.1 Å². The smallest absolute Gasteiger partial charge is 0.306 e. The second kappa shape index (κ2) is 7.41. The van der Waals surface area contributed by atoms with E-state index in [1.54, 1.807) is 45.3 Å². The lowest BCUT2D eigenvalue weighted by Gasteiger charge is -2.17. The molecule has 0 aliphatic rings. The van der Waals surface area contributed by atoms with Crippen molar-refractivity contribution in [1.82, 2.24) is 0 Å². The first-order chi connectivity index (χ1) is 9.08. The van der Waals surface area contributed by atoms with E-state index >= 15 is 0 Å². The van der Waals surface area contributed by atoms with Gasteiger partial charge < -0.3 is 14.4 Å². The van der Waals surface area contributed by atoms with Crippen LogP contribution in [0, 0.1) is 0 Å². The Labute approximate surface area is 113 Å². The largest absolute Gasteiger partial charge is 0.497 e. The molecule has 0 aromatic heterocycles. The lowest BCUT2D eigenvalue weighted by Crippen LogP contribution is -2.26. The molecule has 5 nitrogen and oxygen atoms in total. The van der Waals surface area contributed by atoms with Gasteiger partial charge >= 0.3 is 5.97 Å². The van der Waals surface area contributed by atoms with Crippen LogP contribution in [-0.2, 0) is 14.3 Å². The highest BCUT2D eigenvalue weighted by atomic mass is 16.5. The number of hydrogen-bond donors (Lipinski definition) is 0. The van der Waals surface area contributed by atoms with Gasteiger partial charge in [-0.2, -0.15) is 0 Å². The van der Waals surface area contributed by atoms with Crippen LogP contribution in [0.1, 0.15) is 19.8 Å². The fraction of sp³-hybridized carbons (Fsp3) is 0.429. The minimum Gasteiger partial charge on any atom is -0.497 e. The van der Waals surface area contributed by atoms with Crippen LogP contribution in [0.2, 0.25) is 0 Å². The van der Waals surface area contributed by atoms with Crippen LogP contribution in [0.5, 0.6) is 5.75 Å². The first-order valence-electron chi connectivity index (χ1n) is 6.14. The number of nitrogens with zero attached hydrogens (tertiary/aromatic N) is 1. The van der Waals surface area contributed by atoms with Crippen LogP contribution < -0.4 is 9.64 Å². The molecule has 0 unspecified atom stereocenters. The molecule has 0 bridgehead atoms. The van der Waals surface area contributed by atoms with Crippen LogP contribution in [-0.4, -0.2) is 32.6 Å². The number of methoxy groups -OCH3 is 1. The molecule has 1 amide bonds. The van der Waals surface area contributed by atoms with E-state index < -0.39 is 0 Å². The average Bonchev–Trinajstić information content (AvgIpc) is 2.44. The first-order valence-corrected chi connectivity index (χ1v) is 6.14. The first kappa shape index (κ1) is 15.0. The van der Waals surface area contributed by atoms with Gasteiger partial charge in [-0.05, 0) is 31.2 Å². The molecule has 5 heteroatoms. The maximum atomic E-state index is 11.9. The van der Waals surface area contributed by atoms with Gasteiger partial charge in [-0.1, -0.05) is 0 Å². The molecular weight excluding hydrogens is 246 g/mol. The Bertz CT molecular complexity index is 428. The molecule has 0 saturated heterocycles. The summed E-state index contributed by atoms with van der Waals surface area (Å²) in [4.78, 5) is 24.6. The average molecular weight is 265 g/mol. The molecule has 0 atom stereocenters. The highest BCUT2D eigenvalue weighted by molar-refractivity contribution is 5.94. The van der Waals surface area contributed by atoms with Crippen molar-refractivity contribution in [3.63, 3.8) is 0 Å². The van der Waals surface area contributed by atoms with E-state index in [2.05, 4.69) is 0 Å². The fourth-order valence-corrected chi connectivity index (χ4v) is 1.56. The van der Waals surface area contributed by atoms with Gasteiger partial charge in [0.15, 0.2) is 0 Å². The quantitative estimate of drug-likeness (QED) is 0.738. The maximum Gasteiger partial charge on any atom is 0.306 e. The standard InChI is InChI=1S/C14H19NO4/c1-4-19-14(17)10-9-13(16)15(2)11-5-7-12(18-3)8-6-11/h5-8H,4,9-10H2,1-3H3. The van der Waals surface area contributed by atoms with E-state index in [1.165, 1.54) is 4.90 Å². The number of carbonyl (C=O) groups excluding carboxylic acids is 2. The van der Waals surface area contributed by atoms with Crippen LogP contribution in [0.3, 0.4) is 0 Å². The highest BCUT2D eigenvalue weighted by Crippen LogP contribution is 2.18. The Morgan fingerprint density at radius 3 is 2.32 bits per heavy atom.